The standard InChI is InChI=1S/C19H14BrN3O3S/c20-11-5-6-12-13(9-11)19(26)23(18(12)25)8-7-16(24)21-10-17-22-14-3-1-2-4-15(14)27-17/h1-6,9H,7-8,10H2,(H,21,24). The summed E-state index contributed by atoms with van der Waals surface area (Å²) in [6, 6.07) is 12.7. The monoisotopic (exact) mass is 443 g/mol. The second-order valence-electron chi connectivity index (χ2n) is 6.05. The van der Waals surface area contributed by atoms with Gasteiger partial charge in [0.25, 0.3) is 11.8 Å². The van der Waals surface area contributed by atoms with Gasteiger partial charge in [-0.05, 0) is 30.3 Å². The molecule has 27 heavy (non-hydrogen) atoms. The Hall–Kier alpha value is -2.58. The smallest absolute Gasteiger partial charge is 0.261 e. The van der Waals surface area contributed by atoms with Crippen LogP contribution in [0.4, 0.5) is 0 Å². The molecule has 1 aliphatic rings. The molecule has 0 spiro atoms. The zero-order chi connectivity index (χ0) is 19.0. The number of carbonyl (C=O) groups is 3. The third-order valence-corrected chi connectivity index (χ3v) is 5.80. The molecule has 0 saturated carbocycles. The van der Waals surface area contributed by atoms with Crippen LogP contribution in [0.25, 0.3) is 10.2 Å². The lowest BCUT2D eigenvalue weighted by molar-refractivity contribution is -0.121. The maximum atomic E-state index is 12.4. The number of rotatable bonds is 5. The van der Waals surface area contributed by atoms with Crippen molar-refractivity contribution in [3.8, 4) is 0 Å². The van der Waals surface area contributed by atoms with E-state index in [-0.39, 0.29) is 30.7 Å². The highest BCUT2D eigenvalue weighted by Gasteiger charge is 2.35. The third-order valence-electron chi connectivity index (χ3n) is 4.27. The molecule has 0 unspecified atom stereocenters. The Kier molecular flexibility index (Phi) is 4.75. The van der Waals surface area contributed by atoms with E-state index in [0.717, 1.165) is 24.6 Å². The van der Waals surface area contributed by atoms with Crippen molar-refractivity contribution in [2.75, 3.05) is 6.54 Å². The number of halogens is 1. The Morgan fingerprint density at radius 1 is 1.11 bits per heavy atom. The number of hydrogen-bond acceptors (Lipinski definition) is 5. The molecule has 3 aromatic rings. The van der Waals surface area contributed by atoms with Crippen molar-refractivity contribution < 1.29 is 14.4 Å². The first-order chi connectivity index (χ1) is 13.0. The number of carbonyl (C=O) groups excluding carboxylic acids is 3. The molecular formula is C19H14BrN3O3S. The number of imide groups is 1. The molecule has 0 radical (unpaired) electrons. The van der Waals surface area contributed by atoms with Gasteiger partial charge in [0.2, 0.25) is 5.91 Å². The van der Waals surface area contributed by atoms with Crippen LogP contribution in [-0.2, 0) is 11.3 Å². The molecule has 0 fully saturated rings. The first-order valence-corrected chi connectivity index (χ1v) is 9.91. The summed E-state index contributed by atoms with van der Waals surface area (Å²) >= 11 is 4.83. The van der Waals surface area contributed by atoms with E-state index in [1.165, 1.54) is 11.3 Å². The molecule has 0 aliphatic carbocycles. The highest BCUT2D eigenvalue weighted by Crippen LogP contribution is 2.26. The summed E-state index contributed by atoms with van der Waals surface area (Å²) in [6.07, 6.45) is 0.0531. The number of benzene rings is 2. The fourth-order valence-electron chi connectivity index (χ4n) is 2.94. The lowest BCUT2D eigenvalue weighted by atomic mass is 10.1. The van der Waals surface area contributed by atoms with E-state index < -0.39 is 0 Å². The number of fused-ring (bicyclic) bond motifs is 2. The van der Waals surface area contributed by atoms with Crippen molar-refractivity contribution in [2.24, 2.45) is 0 Å². The highest BCUT2D eigenvalue weighted by molar-refractivity contribution is 9.10. The number of nitrogens with zero attached hydrogens (tertiary/aromatic N) is 2. The number of hydrogen-bond donors (Lipinski definition) is 1. The molecule has 1 aromatic heterocycles. The van der Waals surface area contributed by atoms with Gasteiger partial charge < -0.3 is 5.32 Å². The Bertz CT molecular complexity index is 1050. The summed E-state index contributed by atoms with van der Waals surface area (Å²) in [5.41, 5.74) is 1.64. The van der Waals surface area contributed by atoms with Crippen molar-refractivity contribution in [2.45, 2.75) is 13.0 Å². The number of nitrogens with one attached hydrogen (secondary N) is 1. The van der Waals surface area contributed by atoms with Crippen molar-refractivity contribution >= 4 is 55.2 Å². The van der Waals surface area contributed by atoms with Crippen LogP contribution in [0.1, 0.15) is 32.1 Å². The summed E-state index contributed by atoms with van der Waals surface area (Å²) < 4.78 is 1.80. The summed E-state index contributed by atoms with van der Waals surface area (Å²) in [7, 11) is 0. The minimum absolute atomic E-state index is 0.0512. The van der Waals surface area contributed by atoms with E-state index >= 15 is 0 Å². The zero-order valence-corrected chi connectivity index (χ0v) is 16.5. The van der Waals surface area contributed by atoms with Crippen LogP contribution >= 0.6 is 27.3 Å². The Balaban J connectivity index is 1.34. The normalized spacial score (nSPS) is 13.3. The summed E-state index contributed by atoms with van der Waals surface area (Å²) in [6.45, 7) is 0.378. The number of thiazole rings is 1. The number of para-hydroxylation sites is 1. The molecule has 2 heterocycles. The molecule has 8 heteroatoms. The molecule has 6 nitrogen and oxygen atoms in total. The van der Waals surface area contributed by atoms with Gasteiger partial charge in [-0.2, -0.15) is 0 Å². The maximum Gasteiger partial charge on any atom is 0.261 e. The van der Waals surface area contributed by atoms with Crippen molar-refractivity contribution in [1.82, 2.24) is 15.2 Å². The number of aromatic nitrogens is 1. The van der Waals surface area contributed by atoms with Gasteiger partial charge in [-0.15, -0.1) is 11.3 Å². The minimum atomic E-state index is -0.365. The Morgan fingerprint density at radius 2 is 1.89 bits per heavy atom. The van der Waals surface area contributed by atoms with Crippen LogP contribution in [0.5, 0.6) is 0 Å². The van der Waals surface area contributed by atoms with Crippen LogP contribution in [0.15, 0.2) is 46.9 Å². The first-order valence-electron chi connectivity index (χ1n) is 8.30. The third kappa shape index (κ3) is 3.50. The van der Waals surface area contributed by atoms with E-state index in [1.807, 2.05) is 24.3 Å². The summed E-state index contributed by atoms with van der Waals surface area (Å²) in [4.78, 5) is 42.5. The molecule has 2 aromatic carbocycles. The van der Waals surface area contributed by atoms with Crippen molar-refractivity contribution in [3.05, 3.63) is 63.1 Å². The Morgan fingerprint density at radius 3 is 2.70 bits per heavy atom. The van der Waals surface area contributed by atoms with Gasteiger partial charge >= 0.3 is 0 Å². The molecular weight excluding hydrogens is 430 g/mol. The van der Waals surface area contributed by atoms with Gasteiger partial charge in [0, 0.05) is 17.4 Å². The lowest BCUT2D eigenvalue weighted by Crippen LogP contribution is -2.34. The van der Waals surface area contributed by atoms with E-state index in [9.17, 15) is 14.4 Å². The van der Waals surface area contributed by atoms with E-state index in [4.69, 9.17) is 0 Å². The van der Waals surface area contributed by atoms with Gasteiger partial charge in [0.15, 0.2) is 0 Å². The molecule has 1 aliphatic heterocycles. The molecule has 136 valence electrons. The van der Waals surface area contributed by atoms with Gasteiger partial charge in [-0.25, -0.2) is 4.98 Å². The second-order valence-corrected chi connectivity index (χ2v) is 8.08. The zero-order valence-electron chi connectivity index (χ0n) is 14.1. The van der Waals surface area contributed by atoms with Crippen LogP contribution in [0.3, 0.4) is 0 Å². The van der Waals surface area contributed by atoms with Crippen molar-refractivity contribution in [1.29, 1.82) is 0 Å². The number of amides is 3. The topological polar surface area (TPSA) is 79.4 Å². The van der Waals surface area contributed by atoms with Gasteiger partial charge in [-0.1, -0.05) is 28.1 Å². The van der Waals surface area contributed by atoms with Gasteiger partial charge in [0.05, 0.1) is 27.9 Å². The molecule has 0 atom stereocenters. The molecule has 0 bridgehead atoms. The predicted octanol–water partition coefficient (Wildman–Crippen LogP) is 3.36. The predicted molar refractivity (Wildman–Crippen MR) is 106 cm³/mol. The van der Waals surface area contributed by atoms with E-state index in [0.29, 0.717) is 17.7 Å². The molecule has 4 rings (SSSR count). The van der Waals surface area contributed by atoms with E-state index in [1.54, 1.807) is 18.2 Å². The largest absolute Gasteiger partial charge is 0.350 e. The van der Waals surface area contributed by atoms with Crippen LogP contribution in [-0.4, -0.2) is 34.2 Å². The second kappa shape index (κ2) is 7.21. The van der Waals surface area contributed by atoms with Crippen molar-refractivity contribution in [3.63, 3.8) is 0 Å². The van der Waals surface area contributed by atoms with Crippen LogP contribution in [0, 0.1) is 0 Å². The summed E-state index contributed by atoms with van der Waals surface area (Å²) in [5, 5.41) is 3.61. The average Bonchev–Trinajstić information content (AvgIpc) is 3.18. The lowest BCUT2D eigenvalue weighted by Gasteiger charge is -2.13. The minimum Gasteiger partial charge on any atom is -0.350 e. The molecule has 3 amide bonds. The highest BCUT2D eigenvalue weighted by atomic mass is 79.9. The maximum absolute atomic E-state index is 12.4. The van der Waals surface area contributed by atoms with Gasteiger partial charge in [0.1, 0.15) is 5.01 Å². The van der Waals surface area contributed by atoms with E-state index in [2.05, 4.69) is 26.2 Å². The fourth-order valence-corrected chi connectivity index (χ4v) is 4.21. The van der Waals surface area contributed by atoms with Crippen LogP contribution in [0.2, 0.25) is 0 Å². The summed E-state index contributed by atoms with van der Waals surface area (Å²) in [5.74, 6) is -0.955. The quantitative estimate of drug-likeness (QED) is 0.613. The van der Waals surface area contributed by atoms with Crippen LogP contribution < -0.4 is 5.32 Å². The first kappa shape index (κ1) is 17.8. The molecule has 1 N–H and O–H groups in total. The molecule has 0 saturated heterocycles. The average molecular weight is 444 g/mol. The SMILES string of the molecule is O=C(CCN1C(=O)c2ccc(Br)cc2C1=O)NCc1nc2ccccc2s1. The fraction of sp³-hybridized carbons (Fsp3) is 0.158. The van der Waals surface area contributed by atoms with Gasteiger partial charge in [-0.3, -0.25) is 19.3 Å². The Labute approximate surface area is 167 Å².